The molecule has 0 spiro atoms. The van der Waals surface area contributed by atoms with E-state index in [4.69, 9.17) is 0 Å². The van der Waals surface area contributed by atoms with Crippen molar-refractivity contribution in [1.82, 2.24) is 5.32 Å². The van der Waals surface area contributed by atoms with Crippen LogP contribution in [-0.2, 0) is 0 Å². The lowest BCUT2D eigenvalue weighted by atomic mass is 10.1. The molecule has 0 aromatic rings. The minimum atomic E-state index is 0.720. The number of rotatable bonds is 11. The number of thioether (sulfide) groups is 1. The molecule has 15 heavy (non-hydrogen) atoms. The van der Waals surface area contributed by atoms with Crippen LogP contribution in [0.15, 0.2) is 0 Å². The van der Waals surface area contributed by atoms with Crippen molar-refractivity contribution < 1.29 is 0 Å². The molecule has 92 valence electrons. The fourth-order valence-corrected chi connectivity index (χ4v) is 2.19. The van der Waals surface area contributed by atoms with E-state index in [0.29, 0.717) is 0 Å². The molecule has 0 aliphatic heterocycles. The van der Waals surface area contributed by atoms with E-state index in [1.807, 2.05) is 11.8 Å². The minimum Gasteiger partial charge on any atom is -0.314 e. The molecule has 0 saturated heterocycles. The highest BCUT2D eigenvalue weighted by atomic mass is 32.2. The normalized spacial score (nSPS) is 13.0. The Morgan fingerprint density at radius 3 is 2.53 bits per heavy atom. The lowest BCUT2D eigenvalue weighted by molar-refractivity contribution is 0.477. The average Bonchev–Trinajstić information content (AvgIpc) is 2.23. The quantitative estimate of drug-likeness (QED) is 0.538. The highest BCUT2D eigenvalue weighted by Crippen LogP contribution is 2.04. The van der Waals surface area contributed by atoms with Crippen LogP contribution in [0.2, 0.25) is 0 Å². The van der Waals surface area contributed by atoms with Crippen molar-refractivity contribution >= 4 is 11.8 Å². The lowest BCUT2D eigenvalue weighted by Gasteiger charge is -2.13. The predicted molar refractivity (Wildman–Crippen MR) is 73.8 cm³/mol. The molecule has 0 aromatic heterocycles. The second-order valence-corrected chi connectivity index (χ2v) is 5.39. The summed E-state index contributed by atoms with van der Waals surface area (Å²) in [7, 11) is 0. The summed E-state index contributed by atoms with van der Waals surface area (Å²) in [6, 6.07) is 0.720. The molecule has 0 rings (SSSR count). The van der Waals surface area contributed by atoms with E-state index >= 15 is 0 Å². The van der Waals surface area contributed by atoms with Crippen molar-refractivity contribution in [3.63, 3.8) is 0 Å². The molecule has 0 heterocycles. The SMILES string of the molecule is CCCCCC(C)NCCCCCSC. The van der Waals surface area contributed by atoms with Gasteiger partial charge in [-0.15, -0.1) is 0 Å². The van der Waals surface area contributed by atoms with E-state index in [0.717, 1.165) is 6.04 Å². The predicted octanol–water partition coefficient (Wildman–Crippen LogP) is 4.08. The average molecular weight is 231 g/mol. The van der Waals surface area contributed by atoms with Crippen LogP contribution in [0.25, 0.3) is 0 Å². The van der Waals surface area contributed by atoms with Crippen molar-refractivity contribution in [2.24, 2.45) is 0 Å². The third kappa shape index (κ3) is 12.2. The Balaban J connectivity index is 3.06. The van der Waals surface area contributed by atoms with Crippen molar-refractivity contribution in [3.05, 3.63) is 0 Å². The molecular weight excluding hydrogens is 202 g/mol. The van der Waals surface area contributed by atoms with Crippen molar-refractivity contribution in [3.8, 4) is 0 Å². The number of hydrogen-bond donors (Lipinski definition) is 1. The van der Waals surface area contributed by atoms with Crippen molar-refractivity contribution in [2.75, 3.05) is 18.6 Å². The van der Waals surface area contributed by atoms with Gasteiger partial charge in [-0.25, -0.2) is 0 Å². The van der Waals surface area contributed by atoms with E-state index in [-0.39, 0.29) is 0 Å². The van der Waals surface area contributed by atoms with Crippen LogP contribution >= 0.6 is 11.8 Å². The van der Waals surface area contributed by atoms with E-state index in [1.54, 1.807) is 0 Å². The third-order valence-electron chi connectivity index (χ3n) is 2.76. The molecule has 0 fully saturated rings. The lowest BCUT2D eigenvalue weighted by Crippen LogP contribution is -2.26. The molecule has 2 heteroatoms. The van der Waals surface area contributed by atoms with Gasteiger partial charge in [0.05, 0.1) is 0 Å². The summed E-state index contributed by atoms with van der Waals surface area (Å²) in [5, 5.41) is 3.61. The molecule has 1 unspecified atom stereocenters. The first-order valence-corrected chi connectivity index (χ1v) is 7.93. The van der Waals surface area contributed by atoms with Gasteiger partial charge in [0.1, 0.15) is 0 Å². The second kappa shape index (κ2) is 12.4. The van der Waals surface area contributed by atoms with Gasteiger partial charge in [0, 0.05) is 6.04 Å². The fourth-order valence-electron chi connectivity index (χ4n) is 1.70. The summed E-state index contributed by atoms with van der Waals surface area (Å²) >= 11 is 1.96. The first-order valence-electron chi connectivity index (χ1n) is 6.53. The van der Waals surface area contributed by atoms with Crippen LogP contribution in [0.4, 0.5) is 0 Å². The maximum absolute atomic E-state index is 3.61. The van der Waals surface area contributed by atoms with E-state index in [1.165, 1.54) is 57.2 Å². The van der Waals surface area contributed by atoms with Gasteiger partial charge in [0.15, 0.2) is 0 Å². The van der Waals surface area contributed by atoms with Gasteiger partial charge in [-0.1, -0.05) is 32.6 Å². The van der Waals surface area contributed by atoms with Gasteiger partial charge in [0.2, 0.25) is 0 Å². The summed E-state index contributed by atoms with van der Waals surface area (Å²) in [5.74, 6) is 1.33. The summed E-state index contributed by atoms with van der Waals surface area (Å²) in [5.41, 5.74) is 0. The van der Waals surface area contributed by atoms with Crippen LogP contribution in [0, 0.1) is 0 Å². The van der Waals surface area contributed by atoms with E-state index in [2.05, 4.69) is 25.4 Å². The second-order valence-electron chi connectivity index (χ2n) is 4.40. The Hall–Kier alpha value is 0.310. The Morgan fingerprint density at radius 2 is 1.87 bits per heavy atom. The fraction of sp³-hybridized carbons (Fsp3) is 1.00. The van der Waals surface area contributed by atoms with Gasteiger partial charge >= 0.3 is 0 Å². The maximum Gasteiger partial charge on any atom is 0.00387 e. The van der Waals surface area contributed by atoms with Gasteiger partial charge < -0.3 is 5.32 Å². The van der Waals surface area contributed by atoms with Crippen LogP contribution in [0.3, 0.4) is 0 Å². The summed E-state index contributed by atoms with van der Waals surface area (Å²) < 4.78 is 0. The number of hydrogen-bond acceptors (Lipinski definition) is 2. The zero-order chi connectivity index (χ0) is 11.4. The first-order chi connectivity index (χ1) is 7.31. The standard InChI is InChI=1S/C13H29NS/c1-4-5-7-10-13(2)14-11-8-6-9-12-15-3/h13-14H,4-12H2,1-3H3. The maximum atomic E-state index is 3.61. The smallest absolute Gasteiger partial charge is 0.00387 e. The van der Waals surface area contributed by atoms with Crippen LogP contribution in [0.5, 0.6) is 0 Å². The van der Waals surface area contributed by atoms with E-state index in [9.17, 15) is 0 Å². The van der Waals surface area contributed by atoms with Crippen molar-refractivity contribution in [2.45, 2.75) is 64.8 Å². The topological polar surface area (TPSA) is 12.0 Å². The Labute approximate surface area is 101 Å². The number of unbranched alkanes of at least 4 members (excludes halogenated alkanes) is 4. The van der Waals surface area contributed by atoms with Crippen LogP contribution in [0.1, 0.15) is 58.8 Å². The number of nitrogens with one attached hydrogen (secondary N) is 1. The third-order valence-corrected chi connectivity index (χ3v) is 3.46. The molecule has 0 amide bonds. The molecular formula is C13H29NS. The van der Waals surface area contributed by atoms with Gasteiger partial charge in [-0.3, -0.25) is 0 Å². The van der Waals surface area contributed by atoms with Crippen molar-refractivity contribution in [1.29, 1.82) is 0 Å². The van der Waals surface area contributed by atoms with E-state index < -0.39 is 0 Å². The monoisotopic (exact) mass is 231 g/mol. The Morgan fingerprint density at radius 1 is 1.07 bits per heavy atom. The highest BCUT2D eigenvalue weighted by Gasteiger charge is 1.99. The van der Waals surface area contributed by atoms with Gasteiger partial charge in [-0.05, 0) is 44.7 Å². The summed E-state index contributed by atoms with van der Waals surface area (Å²) in [6.07, 6.45) is 11.8. The van der Waals surface area contributed by atoms with Crippen LogP contribution in [-0.4, -0.2) is 24.6 Å². The zero-order valence-electron chi connectivity index (χ0n) is 10.8. The molecule has 0 aliphatic rings. The Bertz CT molecular complexity index is 117. The summed E-state index contributed by atoms with van der Waals surface area (Å²) in [4.78, 5) is 0. The highest BCUT2D eigenvalue weighted by molar-refractivity contribution is 7.98. The molecule has 0 radical (unpaired) electrons. The molecule has 0 aromatic carbocycles. The first kappa shape index (κ1) is 15.3. The van der Waals surface area contributed by atoms with Gasteiger partial charge in [0.25, 0.3) is 0 Å². The molecule has 0 bridgehead atoms. The molecule has 1 N–H and O–H groups in total. The molecule has 1 atom stereocenters. The largest absolute Gasteiger partial charge is 0.314 e. The minimum absolute atomic E-state index is 0.720. The van der Waals surface area contributed by atoms with Crippen LogP contribution < -0.4 is 5.32 Å². The summed E-state index contributed by atoms with van der Waals surface area (Å²) in [6.45, 7) is 5.79. The van der Waals surface area contributed by atoms with Gasteiger partial charge in [-0.2, -0.15) is 11.8 Å². The zero-order valence-corrected chi connectivity index (χ0v) is 11.7. The molecule has 0 aliphatic carbocycles. The molecule has 1 nitrogen and oxygen atoms in total. The Kier molecular flexibility index (Phi) is 12.6. The molecule has 0 saturated carbocycles.